The predicted molar refractivity (Wildman–Crippen MR) is 106 cm³/mol. The van der Waals surface area contributed by atoms with Crippen molar-refractivity contribution in [1.82, 2.24) is 4.57 Å². The number of ketones is 1. The van der Waals surface area contributed by atoms with Crippen molar-refractivity contribution in [2.45, 2.75) is 26.1 Å². The van der Waals surface area contributed by atoms with E-state index in [1.165, 1.54) is 29.0 Å². The van der Waals surface area contributed by atoms with Gasteiger partial charge in [0.25, 0.3) is 0 Å². The van der Waals surface area contributed by atoms with Crippen molar-refractivity contribution >= 4 is 27.5 Å². The predicted octanol–water partition coefficient (Wildman–Crippen LogP) is 5.53. The highest BCUT2D eigenvalue weighted by Gasteiger charge is 2.19. The number of aromatic nitrogens is 1. The number of fused-ring (bicyclic) bond motifs is 2. The van der Waals surface area contributed by atoms with E-state index in [9.17, 15) is 9.90 Å². The summed E-state index contributed by atoms with van der Waals surface area (Å²) in [6.45, 7) is -3.82. The van der Waals surface area contributed by atoms with Gasteiger partial charge in [-0.2, -0.15) is 0 Å². The summed E-state index contributed by atoms with van der Waals surface area (Å²) in [7, 11) is 0. The first-order valence-electron chi connectivity index (χ1n) is 11.7. The van der Waals surface area contributed by atoms with E-state index in [-0.39, 0.29) is 17.1 Å². The topological polar surface area (TPSA) is 42.2 Å². The van der Waals surface area contributed by atoms with E-state index in [2.05, 4.69) is 0 Å². The monoisotopic (exact) mass is 350 g/mol. The smallest absolute Gasteiger partial charge is 0.195 e. The van der Waals surface area contributed by atoms with Crippen molar-refractivity contribution in [3.63, 3.8) is 0 Å². The fourth-order valence-corrected chi connectivity index (χ4v) is 3.29. The molecule has 4 aromatic rings. The number of aromatic hydroxyl groups is 1. The van der Waals surface area contributed by atoms with Gasteiger partial charge in [0.1, 0.15) is 5.75 Å². The number of hydrogen-bond acceptors (Lipinski definition) is 2. The van der Waals surface area contributed by atoms with E-state index in [1.807, 2.05) is 30.3 Å². The van der Waals surface area contributed by atoms with Gasteiger partial charge in [-0.05, 0) is 35.3 Å². The van der Waals surface area contributed by atoms with Crippen molar-refractivity contribution < 1.29 is 19.5 Å². The van der Waals surface area contributed by atoms with Gasteiger partial charge < -0.3 is 9.67 Å². The Morgan fingerprint density at radius 1 is 1.08 bits per heavy atom. The van der Waals surface area contributed by atoms with Crippen molar-refractivity contribution in [1.29, 1.82) is 0 Å². The third-order valence-corrected chi connectivity index (χ3v) is 4.48. The third kappa shape index (κ3) is 2.76. The molecule has 3 aromatic carbocycles. The second kappa shape index (κ2) is 6.68. The average molecular weight is 350 g/mol. The number of hydrogen-bond donors (Lipinski definition) is 1. The second-order valence-corrected chi connectivity index (χ2v) is 6.03. The first-order chi connectivity index (χ1) is 15.3. The minimum Gasteiger partial charge on any atom is -0.508 e. The molecule has 0 aliphatic carbocycles. The number of carbonyl (C=O) groups is 1. The molecule has 1 N–H and O–H groups in total. The van der Waals surface area contributed by atoms with E-state index in [4.69, 9.17) is 9.60 Å². The molecule has 0 bridgehead atoms. The molecule has 130 valence electrons. The minimum atomic E-state index is -3.18. The van der Waals surface area contributed by atoms with Gasteiger partial charge in [-0.3, -0.25) is 4.79 Å². The van der Waals surface area contributed by atoms with Crippen LogP contribution in [0.1, 0.15) is 45.1 Å². The van der Waals surface area contributed by atoms with Crippen LogP contribution in [0, 0.1) is 0 Å². The van der Waals surface area contributed by atoms with Crippen molar-refractivity contribution in [3.8, 4) is 5.75 Å². The van der Waals surface area contributed by atoms with Crippen LogP contribution in [0.2, 0.25) is 0 Å². The summed E-state index contributed by atoms with van der Waals surface area (Å²) in [6.07, 6.45) is -4.52. The highest BCUT2D eigenvalue weighted by molar-refractivity contribution is 6.21. The normalized spacial score (nSPS) is 16.8. The Morgan fingerprint density at radius 3 is 2.81 bits per heavy atom. The molecule has 3 heteroatoms. The standard InChI is InChI=1S/C23H21NO2/c1-2-3-13-24-15-21(20-14-17(25)11-12-22(20)24)23(26)19-10-6-8-16-7-4-5-9-18(16)19/h4-12,14-15,25H,2-3,13H2,1H3/i1D3,2D2,3D2. The van der Waals surface area contributed by atoms with Crippen LogP contribution in [0.15, 0.2) is 66.9 Å². The SMILES string of the molecule is [2H]C([2H])([2H])C([2H])([2H])C([2H])([2H])Cn1cc(C(=O)c2cccc3ccccc23)c2cc(O)ccc21. The van der Waals surface area contributed by atoms with Crippen LogP contribution in [0.3, 0.4) is 0 Å². The lowest BCUT2D eigenvalue weighted by Gasteiger charge is -2.05. The number of benzene rings is 3. The highest BCUT2D eigenvalue weighted by atomic mass is 16.3. The molecule has 0 saturated carbocycles. The van der Waals surface area contributed by atoms with Gasteiger partial charge >= 0.3 is 0 Å². The Balaban J connectivity index is 1.86. The first kappa shape index (κ1) is 10.2. The Kier molecular flexibility index (Phi) is 2.61. The van der Waals surface area contributed by atoms with Crippen LogP contribution < -0.4 is 0 Å². The van der Waals surface area contributed by atoms with Crippen LogP contribution in [0.25, 0.3) is 21.7 Å². The maximum absolute atomic E-state index is 13.6. The molecule has 0 aliphatic heterocycles. The van der Waals surface area contributed by atoms with Crippen LogP contribution in [-0.2, 0) is 6.54 Å². The zero-order chi connectivity index (χ0) is 24.2. The molecule has 4 rings (SSSR count). The number of phenols is 1. The largest absolute Gasteiger partial charge is 0.508 e. The quantitative estimate of drug-likeness (QED) is 0.481. The van der Waals surface area contributed by atoms with Gasteiger partial charge in [0.15, 0.2) is 5.78 Å². The summed E-state index contributed by atoms with van der Waals surface area (Å²) in [4.78, 5) is 13.6. The minimum absolute atomic E-state index is 0.0898. The van der Waals surface area contributed by atoms with Crippen LogP contribution >= 0.6 is 0 Å². The maximum atomic E-state index is 13.6. The molecule has 0 amide bonds. The van der Waals surface area contributed by atoms with E-state index < -0.39 is 26.1 Å². The van der Waals surface area contributed by atoms with Gasteiger partial charge in [0.2, 0.25) is 0 Å². The molecular formula is C23H21NO2. The zero-order valence-electron chi connectivity index (χ0n) is 20.9. The number of rotatable bonds is 5. The second-order valence-electron chi connectivity index (χ2n) is 6.03. The molecule has 0 fully saturated rings. The summed E-state index contributed by atoms with van der Waals surface area (Å²) in [6, 6.07) is 17.0. The average Bonchev–Trinajstić information content (AvgIpc) is 3.08. The van der Waals surface area contributed by atoms with Crippen LogP contribution in [-0.4, -0.2) is 15.5 Å². The van der Waals surface area contributed by atoms with Crippen molar-refractivity contribution in [2.75, 3.05) is 0 Å². The molecule has 0 saturated heterocycles. The van der Waals surface area contributed by atoms with Crippen LogP contribution in [0.4, 0.5) is 0 Å². The van der Waals surface area contributed by atoms with Gasteiger partial charge in [-0.25, -0.2) is 0 Å². The third-order valence-electron chi connectivity index (χ3n) is 4.48. The number of nitrogens with zero attached hydrogens (tertiary/aromatic N) is 1. The molecule has 0 atom stereocenters. The lowest BCUT2D eigenvalue weighted by molar-refractivity contribution is 0.104. The Bertz CT molecular complexity index is 1370. The number of phenolic OH excluding ortho intramolecular Hbond substituents is 1. The molecule has 1 heterocycles. The summed E-state index contributed by atoms with van der Waals surface area (Å²) in [5.74, 6) is -0.436. The molecule has 0 unspecified atom stereocenters. The lowest BCUT2D eigenvalue weighted by Crippen LogP contribution is -2.02. The molecule has 26 heavy (non-hydrogen) atoms. The fraction of sp³-hybridized carbons (Fsp3) is 0.174. The van der Waals surface area contributed by atoms with Gasteiger partial charge in [-0.1, -0.05) is 55.7 Å². The summed E-state index contributed by atoms with van der Waals surface area (Å²) in [5, 5.41) is 12.0. The summed E-state index contributed by atoms with van der Waals surface area (Å²) >= 11 is 0. The van der Waals surface area contributed by atoms with Crippen LogP contribution in [0.5, 0.6) is 5.75 Å². The van der Waals surface area contributed by atoms with Crippen molar-refractivity contribution in [3.05, 3.63) is 78.0 Å². The van der Waals surface area contributed by atoms with Gasteiger partial charge in [-0.15, -0.1) is 0 Å². The molecule has 3 nitrogen and oxygen atoms in total. The van der Waals surface area contributed by atoms with Crippen molar-refractivity contribution in [2.24, 2.45) is 0 Å². The van der Waals surface area contributed by atoms with E-state index >= 15 is 0 Å². The Morgan fingerprint density at radius 2 is 1.92 bits per heavy atom. The van der Waals surface area contributed by atoms with E-state index in [0.717, 1.165) is 10.8 Å². The molecule has 1 aromatic heterocycles. The lowest BCUT2D eigenvalue weighted by atomic mass is 9.97. The van der Waals surface area contributed by atoms with E-state index in [0.29, 0.717) is 16.5 Å². The maximum Gasteiger partial charge on any atom is 0.195 e. The molecule has 0 spiro atoms. The van der Waals surface area contributed by atoms with Gasteiger partial charge in [0, 0.05) is 44.4 Å². The molecular weight excluding hydrogens is 322 g/mol. The molecule has 0 radical (unpaired) electrons. The summed E-state index contributed by atoms with van der Waals surface area (Å²) in [5.41, 5.74) is 1.00. The fourth-order valence-electron chi connectivity index (χ4n) is 3.29. The zero-order valence-corrected chi connectivity index (χ0v) is 13.9. The Hall–Kier alpha value is -3.07. The highest BCUT2D eigenvalue weighted by Crippen LogP contribution is 2.29. The van der Waals surface area contributed by atoms with E-state index in [1.54, 1.807) is 12.1 Å². The molecule has 0 aliphatic rings. The number of carbonyl (C=O) groups excluding carboxylic acids is 1. The number of aryl methyl sites for hydroxylation is 1. The van der Waals surface area contributed by atoms with Gasteiger partial charge in [0.05, 0.1) is 0 Å². The summed E-state index contributed by atoms with van der Waals surface area (Å²) < 4.78 is 55.8. The first-order valence-corrected chi connectivity index (χ1v) is 8.18. The Labute approximate surface area is 162 Å².